The van der Waals surface area contributed by atoms with Crippen molar-refractivity contribution in [3.63, 3.8) is 0 Å². The summed E-state index contributed by atoms with van der Waals surface area (Å²) in [6.45, 7) is 1.07. The predicted octanol–water partition coefficient (Wildman–Crippen LogP) is 1.89. The third-order valence-corrected chi connectivity index (χ3v) is 6.51. The number of amides is 1. The van der Waals surface area contributed by atoms with Crippen LogP contribution in [0.25, 0.3) is 11.0 Å². The van der Waals surface area contributed by atoms with Crippen molar-refractivity contribution in [1.29, 1.82) is 0 Å². The number of H-pyrrole nitrogens is 2. The van der Waals surface area contributed by atoms with Gasteiger partial charge in [-0.15, -0.1) is 0 Å². The van der Waals surface area contributed by atoms with Crippen molar-refractivity contribution in [2.24, 2.45) is 0 Å². The number of fused-ring (bicyclic) bond motifs is 1. The zero-order valence-electron chi connectivity index (χ0n) is 14.4. The minimum Gasteiger partial charge on any atom is -0.322 e. The molecule has 4 rings (SSSR count). The Bertz CT molecular complexity index is 1160. The Morgan fingerprint density at radius 3 is 2.33 bits per heavy atom. The second-order valence-electron chi connectivity index (χ2n) is 6.43. The zero-order chi connectivity index (χ0) is 19.0. The Morgan fingerprint density at radius 1 is 0.963 bits per heavy atom. The van der Waals surface area contributed by atoms with Crippen molar-refractivity contribution < 1.29 is 13.2 Å². The highest BCUT2D eigenvalue weighted by Crippen LogP contribution is 2.21. The molecule has 1 fully saturated rings. The number of carbonyl (C=O) groups is 1. The van der Waals surface area contributed by atoms with Gasteiger partial charge in [-0.25, -0.2) is 13.2 Å². The summed E-state index contributed by atoms with van der Waals surface area (Å²) in [5.74, 6) is -0.364. The number of nitrogens with one attached hydrogen (secondary N) is 3. The van der Waals surface area contributed by atoms with Crippen LogP contribution >= 0.6 is 0 Å². The number of benzene rings is 2. The van der Waals surface area contributed by atoms with Crippen molar-refractivity contribution in [3.8, 4) is 0 Å². The second kappa shape index (κ2) is 6.67. The van der Waals surface area contributed by atoms with Crippen LogP contribution in [0, 0.1) is 0 Å². The number of aromatic amines is 2. The number of carbonyl (C=O) groups excluding carboxylic acids is 1. The number of hydrogen-bond acceptors (Lipinski definition) is 4. The lowest BCUT2D eigenvalue weighted by atomic mass is 10.2. The van der Waals surface area contributed by atoms with E-state index in [-0.39, 0.29) is 16.5 Å². The van der Waals surface area contributed by atoms with E-state index >= 15 is 0 Å². The number of aromatic nitrogens is 2. The molecule has 0 bridgehead atoms. The summed E-state index contributed by atoms with van der Waals surface area (Å²) in [7, 11) is -3.50. The molecule has 2 heterocycles. The molecule has 27 heavy (non-hydrogen) atoms. The third kappa shape index (κ3) is 3.38. The van der Waals surface area contributed by atoms with E-state index < -0.39 is 10.0 Å². The van der Waals surface area contributed by atoms with Crippen molar-refractivity contribution in [2.45, 2.75) is 17.7 Å². The van der Waals surface area contributed by atoms with Gasteiger partial charge in [0.2, 0.25) is 10.0 Å². The van der Waals surface area contributed by atoms with Gasteiger partial charge in [0.25, 0.3) is 5.91 Å². The Hall–Kier alpha value is -2.91. The number of imidazole rings is 1. The highest BCUT2D eigenvalue weighted by molar-refractivity contribution is 7.89. The molecule has 1 aliphatic heterocycles. The molecule has 1 amide bonds. The van der Waals surface area contributed by atoms with Crippen molar-refractivity contribution in [3.05, 3.63) is 58.5 Å². The molecule has 1 aromatic heterocycles. The molecule has 8 nitrogen and oxygen atoms in total. The minimum absolute atomic E-state index is 0.187. The van der Waals surface area contributed by atoms with Crippen molar-refractivity contribution >= 4 is 32.7 Å². The molecule has 2 aromatic carbocycles. The summed E-state index contributed by atoms with van der Waals surface area (Å²) in [4.78, 5) is 29.2. The number of nitrogens with zero attached hydrogens (tertiary/aromatic N) is 1. The molecule has 9 heteroatoms. The molecule has 0 saturated carbocycles. The van der Waals surface area contributed by atoms with E-state index in [0.29, 0.717) is 35.4 Å². The van der Waals surface area contributed by atoms with Gasteiger partial charge in [0, 0.05) is 24.3 Å². The summed E-state index contributed by atoms with van der Waals surface area (Å²) in [5.41, 5.74) is 1.79. The maximum Gasteiger partial charge on any atom is 0.323 e. The highest BCUT2D eigenvalue weighted by atomic mass is 32.2. The molecule has 1 saturated heterocycles. The fourth-order valence-corrected chi connectivity index (χ4v) is 4.69. The SMILES string of the molecule is O=C(Nc1ccc2[nH]c(=O)[nH]c2c1)c1ccc(S(=O)(=O)N2CCCC2)cc1. The average molecular weight is 386 g/mol. The number of hydrogen-bond donors (Lipinski definition) is 3. The quantitative estimate of drug-likeness (QED) is 0.635. The number of anilines is 1. The lowest BCUT2D eigenvalue weighted by molar-refractivity contribution is 0.102. The van der Waals surface area contributed by atoms with Crippen molar-refractivity contribution in [1.82, 2.24) is 14.3 Å². The lowest BCUT2D eigenvalue weighted by Gasteiger charge is -2.15. The fraction of sp³-hybridized carbons (Fsp3) is 0.222. The maximum absolute atomic E-state index is 12.5. The molecule has 0 aliphatic carbocycles. The van der Waals surface area contributed by atoms with Gasteiger partial charge in [0.15, 0.2) is 0 Å². The monoisotopic (exact) mass is 386 g/mol. The van der Waals surface area contributed by atoms with Crippen LogP contribution in [0.3, 0.4) is 0 Å². The van der Waals surface area contributed by atoms with Crippen LogP contribution in [-0.4, -0.2) is 41.7 Å². The van der Waals surface area contributed by atoms with Crippen LogP contribution in [0.2, 0.25) is 0 Å². The van der Waals surface area contributed by atoms with Gasteiger partial charge in [0.05, 0.1) is 15.9 Å². The van der Waals surface area contributed by atoms with Gasteiger partial charge < -0.3 is 15.3 Å². The zero-order valence-corrected chi connectivity index (χ0v) is 15.2. The second-order valence-corrected chi connectivity index (χ2v) is 8.37. The van der Waals surface area contributed by atoms with Gasteiger partial charge in [-0.3, -0.25) is 4.79 Å². The highest BCUT2D eigenvalue weighted by Gasteiger charge is 2.27. The molecule has 0 radical (unpaired) electrons. The fourth-order valence-electron chi connectivity index (χ4n) is 3.17. The summed E-state index contributed by atoms with van der Waals surface area (Å²) < 4.78 is 26.5. The van der Waals surface area contributed by atoms with E-state index in [1.807, 2.05) is 0 Å². The Labute approximate surface area is 155 Å². The molecule has 3 N–H and O–H groups in total. The van der Waals surface area contributed by atoms with E-state index in [2.05, 4.69) is 15.3 Å². The first-order chi connectivity index (χ1) is 12.9. The molecule has 0 unspecified atom stereocenters. The third-order valence-electron chi connectivity index (χ3n) is 4.59. The largest absolute Gasteiger partial charge is 0.323 e. The Morgan fingerprint density at radius 2 is 1.63 bits per heavy atom. The molecular weight excluding hydrogens is 368 g/mol. The van der Waals surface area contributed by atoms with Gasteiger partial charge in [0.1, 0.15) is 0 Å². The first-order valence-electron chi connectivity index (χ1n) is 8.57. The van der Waals surface area contributed by atoms with Crippen LogP contribution in [-0.2, 0) is 10.0 Å². The van der Waals surface area contributed by atoms with E-state index in [1.165, 1.54) is 28.6 Å². The van der Waals surface area contributed by atoms with Gasteiger partial charge in [-0.2, -0.15) is 4.31 Å². The van der Waals surface area contributed by atoms with E-state index in [4.69, 9.17) is 0 Å². The van der Waals surface area contributed by atoms with Crippen LogP contribution in [0.15, 0.2) is 52.2 Å². The predicted molar refractivity (Wildman–Crippen MR) is 101 cm³/mol. The van der Waals surface area contributed by atoms with Crippen molar-refractivity contribution in [2.75, 3.05) is 18.4 Å². The van der Waals surface area contributed by atoms with Crippen LogP contribution in [0.1, 0.15) is 23.2 Å². The first kappa shape index (κ1) is 17.5. The molecule has 3 aromatic rings. The van der Waals surface area contributed by atoms with E-state index in [0.717, 1.165) is 12.8 Å². The van der Waals surface area contributed by atoms with Gasteiger partial charge in [-0.05, 0) is 55.3 Å². The normalized spacial score (nSPS) is 15.3. The first-order valence-corrected chi connectivity index (χ1v) is 10.0. The summed E-state index contributed by atoms with van der Waals surface area (Å²) in [6.07, 6.45) is 1.74. The van der Waals surface area contributed by atoms with Crippen LogP contribution in [0.4, 0.5) is 5.69 Å². The van der Waals surface area contributed by atoms with Gasteiger partial charge in [-0.1, -0.05) is 0 Å². The summed E-state index contributed by atoms with van der Waals surface area (Å²) >= 11 is 0. The lowest BCUT2D eigenvalue weighted by Crippen LogP contribution is -2.27. The molecule has 1 aliphatic rings. The minimum atomic E-state index is -3.50. The molecule has 0 spiro atoms. The molecule has 0 atom stereocenters. The standard InChI is InChI=1S/C18H18N4O4S/c23-17(19-13-5-8-15-16(11-13)21-18(24)20-15)12-3-6-14(7-4-12)27(25,26)22-9-1-2-10-22/h3-8,11H,1-2,9-10H2,(H,19,23)(H2,20,21,24). The van der Waals surface area contributed by atoms with E-state index in [9.17, 15) is 18.0 Å². The van der Waals surface area contributed by atoms with Crippen LogP contribution < -0.4 is 11.0 Å². The summed E-state index contributed by atoms with van der Waals surface area (Å²) in [6, 6.07) is 10.9. The Kier molecular flexibility index (Phi) is 4.33. The molecule has 140 valence electrons. The average Bonchev–Trinajstić information content (AvgIpc) is 3.30. The molecular formula is C18H18N4O4S. The topological polar surface area (TPSA) is 115 Å². The Balaban J connectivity index is 1.52. The number of sulfonamides is 1. The number of rotatable bonds is 4. The maximum atomic E-state index is 12.5. The summed E-state index contributed by atoms with van der Waals surface area (Å²) in [5, 5.41) is 2.74. The van der Waals surface area contributed by atoms with E-state index in [1.54, 1.807) is 18.2 Å². The smallest absolute Gasteiger partial charge is 0.322 e. The van der Waals surface area contributed by atoms with Crippen LogP contribution in [0.5, 0.6) is 0 Å². The van der Waals surface area contributed by atoms with Gasteiger partial charge >= 0.3 is 5.69 Å².